The van der Waals surface area contributed by atoms with Crippen molar-refractivity contribution < 1.29 is 4.74 Å². The molecule has 0 aliphatic heterocycles. The van der Waals surface area contributed by atoms with E-state index in [4.69, 9.17) is 4.74 Å². The summed E-state index contributed by atoms with van der Waals surface area (Å²) < 4.78 is 5.87. The van der Waals surface area contributed by atoms with E-state index in [9.17, 15) is 0 Å². The molecule has 2 heteroatoms. The average Bonchev–Trinajstić information content (AvgIpc) is 2.74. The zero-order valence-corrected chi connectivity index (χ0v) is 13.0. The van der Waals surface area contributed by atoms with Crippen LogP contribution in [0.1, 0.15) is 39.5 Å². The first kappa shape index (κ1) is 15.5. The highest BCUT2D eigenvalue weighted by Crippen LogP contribution is 2.48. The SMILES string of the molecule is C=CCCC1=C(C)C2C=CCCC2C1COCNCC. The Bertz CT molecular complexity index is 383. The van der Waals surface area contributed by atoms with Crippen molar-refractivity contribution in [1.82, 2.24) is 5.32 Å². The topological polar surface area (TPSA) is 21.3 Å². The number of rotatable bonds is 8. The van der Waals surface area contributed by atoms with Crippen molar-refractivity contribution in [3.63, 3.8) is 0 Å². The summed E-state index contributed by atoms with van der Waals surface area (Å²) in [6, 6.07) is 0. The van der Waals surface area contributed by atoms with E-state index >= 15 is 0 Å². The first-order chi connectivity index (χ1) is 9.79. The van der Waals surface area contributed by atoms with Gasteiger partial charge in [0, 0.05) is 11.8 Å². The maximum absolute atomic E-state index is 5.87. The second-order valence-corrected chi connectivity index (χ2v) is 5.96. The van der Waals surface area contributed by atoms with Gasteiger partial charge in [0.05, 0.1) is 13.3 Å². The van der Waals surface area contributed by atoms with Gasteiger partial charge < -0.3 is 4.74 Å². The van der Waals surface area contributed by atoms with Gasteiger partial charge in [0.15, 0.2) is 0 Å². The molecule has 20 heavy (non-hydrogen) atoms. The van der Waals surface area contributed by atoms with Gasteiger partial charge in [-0.3, -0.25) is 5.32 Å². The lowest BCUT2D eigenvalue weighted by Crippen LogP contribution is -2.26. The molecular formula is C18H29NO. The van der Waals surface area contributed by atoms with E-state index in [1.54, 1.807) is 11.1 Å². The molecule has 0 aromatic rings. The number of fused-ring (bicyclic) bond motifs is 1. The average molecular weight is 275 g/mol. The van der Waals surface area contributed by atoms with E-state index < -0.39 is 0 Å². The van der Waals surface area contributed by atoms with Gasteiger partial charge in [-0.1, -0.05) is 36.3 Å². The number of hydrogen-bond acceptors (Lipinski definition) is 2. The second kappa shape index (κ2) is 7.80. The molecule has 0 aromatic heterocycles. The van der Waals surface area contributed by atoms with E-state index in [0.717, 1.165) is 31.9 Å². The van der Waals surface area contributed by atoms with E-state index in [-0.39, 0.29) is 0 Å². The van der Waals surface area contributed by atoms with Crippen LogP contribution >= 0.6 is 0 Å². The molecule has 2 nitrogen and oxygen atoms in total. The third-order valence-corrected chi connectivity index (χ3v) is 4.81. The van der Waals surface area contributed by atoms with E-state index in [1.807, 2.05) is 6.08 Å². The van der Waals surface area contributed by atoms with Crippen LogP contribution in [0.15, 0.2) is 36.0 Å². The van der Waals surface area contributed by atoms with Crippen molar-refractivity contribution in [3.05, 3.63) is 36.0 Å². The number of allylic oxidation sites excluding steroid dienone is 4. The lowest BCUT2D eigenvalue weighted by Gasteiger charge is -2.28. The minimum Gasteiger partial charge on any atom is -0.366 e. The Hall–Kier alpha value is -0.860. The molecule has 0 spiro atoms. The van der Waals surface area contributed by atoms with Crippen LogP contribution in [-0.4, -0.2) is 19.9 Å². The maximum Gasteiger partial charge on any atom is 0.0965 e. The molecule has 0 radical (unpaired) electrons. The Morgan fingerprint density at radius 1 is 1.50 bits per heavy atom. The van der Waals surface area contributed by atoms with Crippen molar-refractivity contribution in [1.29, 1.82) is 0 Å². The third-order valence-electron chi connectivity index (χ3n) is 4.81. The molecule has 0 bridgehead atoms. The lowest BCUT2D eigenvalue weighted by atomic mass is 9.79. The Labute approximate surface area is 124 Å². The van der Waals surface area contributed by atoms with Gasteiger partial charge in [0.1, 0.15) is 0 Å². The summed E-state index contributed by atoms with van der Waals surface area (Å²) in [6.45, 7) is 10.8. The van der Waals surface area contributed by atoms with Crippen molar-refractivity contribution in [2.75, 3.05) is 19.9 Å². The van der Waals surface area contributed by atoms with E-state index in [1.165, 1.54) is 12.8 Å². The van der Waals surface area contributed by atoms with Gasteiger partial charge in [-0.15, -0.1) is 6.58 Å². The van der Waals surface area contributed by atoms with Gasteiger partial charge >= 0.3 is 0 Å². The smallest absolute Gasteiger partial charge is 0.0965 e. The summed E-state index contributed by atoms with van der Waals surface area (Å²) in [5.74, 6) is 2.04. The summed E-state index contributed by atoms with van der Waals surface area (Å²) in [6.07, 6.45) is 11.6. The summed E-state index contributed by atoms with van der Waals surface area (Å²) in [5, 5.41) is 3.25. The maximum atomic E-state index is 5.87. The first-order valence-electron chi connectivity index (χ1n) is 8.05. The van der Waals surface area contributed by atoms with Crippen molar-refractivity contribution in [3.8, 4) is 0 Å². The molecule has 0 aromatic carbocycles. The molecule has 0 amide bonds. The van der Waals surface area contributed by atoms with Crippen LogP contribution in [0.25, 0.3) is 0 Å². The summed E-state index contributed by atoms with van der Waals surface area (Å²) >= 11 is 0. The fourth-order valence-corrected chi connectivity index (χ4v) is 3.76. The Balaban J connectivity index is 2.04. The molecule has 2 aliphatic carbocycles. The molecular weight excluding hydrogens is 246 g/mol. The van der Waals surface area contributed by atoms with Gasteiger partial charge in [-0.25, -0.2) is 0 Å². The minimum atomic E-state index is 0.614. The number of nitrogens with one attached hydrogen (secondary N) is 1. The van der Waals surface area contributed by atoms with Gasteiger partial charge in [-0.05, 0) is 45.1 Å². The molecule has 0 heterocycles. The minimum absolute atomic E-state index is 0.614. The molecule has 0 fully saturated rings. The molecule has 112 valence electrons. The van der Waals surface area contributed by atoms with Crippen LogP contribution < -0.4 is 5.32 Å². The zero-order valence-electron chi connectivity index (χ0n) is 13.0. The monoisotopic (exact) mass is 275 g/mol. The molecule has 3 atom stereocenters. The fraction of sp³-hybridized carbons (Fsp3) is 0.667. The van der Waals surface area contributed by atoms with E-state index in [0.29, 0.717) is 18.6 Å². The molecule has 2 rings (SSSR count). The van der Waals surface area contributed by atoms with Crippen molar-refractivity contribution >= 4 is 0 Å². The van der Waals surface area contributed by atoms with Crippen LogP contribution in [0.2, 0.25) is 0 Å². The summed E-state index contributed by atoms with van der Waals surface area (Å²) in [4.78, 5) is 0. The van der Waals surface area contributed by atoms with Crippen LogP contribution in [-0.2, 0) is 4.74 Å². The van der Waals surface area contributed by atoms with Gasteiger partial charge in [0.2, 0.25) is 0 Å². The molecule has 1 N–H and O–H groups in total. The highest BCUT2D eigenvalue weighted by molar-refractivity contribution is 5.32. The Morgan fingerprint density at radius 2 is 2.35 bits per heavy atom. The third kappa shape index (κ3) is 3.42. The van der Waals surface area contributed by atoms with Crippen molar-refractivity contribution in [2.24, 2.45) is 17.8 Å². The second-order valence-electron chi connectivity index (χ2n) is 5.96. The first-order valence-corrected chi connectivity index (χ1v) is 8.05. The van der Waals surface area contributed by atoms with Crippen LogP contribution in [0.3, 0.4) is 0 Å². The zero-order chi connectivity index (χ0) is 14.4. The molecule has 0 saturated carbocycles. The van der Waals surface area contributed by atoms with E-state index in [2.05, 4.69) is 37.9 Å². The van der Waals surface area contributed by atoms with Crippen molar-refractivity contribution in [2.45, 2.75) is 39.5 Å². The predicted octanol–water partition coefficient (Wildman–Crippen LogP) is 4.06. The summed E-state index contributed by atoms with van der Waals surface area (Å²) in [5.41, 5.74) is 3.24. The number of hydrogen-bond donors (Lipinski definition) is 1. The Kier molecular flexibility index (Phi) is 6.06. The van der Waals surface area contributed by atoms with Gasteiger partial charge in [-0.2, -0.15) is 0 Å². The predicted molar refractivity (Wildman–Crippen MR) is 85.5 cm³/mol. The quantitative estimate of drug-likeness (QED) is 0.410. The van der Waals surface area contributed by atoms with Gasteiger partial charge in [0.25, 0.3) is 0 Å². The molecule has 3 unspecified atom stereocenters. The van der Waals surface area contributed by atoms with Crippen LogP contribution in [0.5, 0.6) is 0 Å². The highest BCUT2D eigenvalue weighted by atomic mass is 16.5. The Morgan fingerprint density at radius 3 is 3.10 bits per heavy atom. The molecule has 0 saturated heterocycles. The normalized spacial score (nSPS) is 28.8. The largest absolute Gasteiger partial charge is 0.366 e. The number of ether oxygens (including phenoxy) is 1. The molecule has 2 aliphatic rings. The fourth-order valence-electron chi connectivity index (χ4n) is 3.76. The lowest BCUT2D eigenvalue weighted by molar-refractivity contribution is 0.0750. The van der Waals surface area contributed by atoms with Crippen LogP contribution in [0, 0.1) is 17.8 Å². The standard InChI is InChI=1S/C18H29NO/c1-4-6-9-16-14(3)15-10-7-8-11-17(15)18(16)12-20-13-19-5-2/h4,7,10,15,17-19H,1,5-6,8-9,11-13H2,2-3H3. The summed E-state index contributed by atoms with van der Waals surface area (Å²) in [7, 11) is 0. The van der Waals surface area contributed by atoms with Crippen LogP contribution in [0.4, 0.5) is 0 Å². The highest BCUT2D eigenvalue weighted by Gasteiger charge is 2.39.